The van der Waals surface area contributed by atoms with Gasteiger partial charge in [-0.05, 0) is 43.4 Å². The van der Waals surface area contributed by atoms with Crippen LogP contribution in [-0.4, -0.2) is 55.9 Å². The fourth-order valence-corrected chi connectivity index (χ4v) is 4.35. The van der Waals surface area contributed by atoms with E-state index in [9.17, 15) is 9.59 Å². The first-order chi connectivity index (χ1) is 13.6. The number of carbonyl (C=O) groups is 2. The number of thioether (sulfide) groups is 1. The number of hydrogen-bond acceptors (Lipinski definition) is 5. The van der Waals surface area contributed by atoms with Gasteiger partial charge >= 0.3 is 0 Å². The van der Waals surface area contributed by atoms with Crippen LogP contribution in [0.1, 0.15) is 51.4 Å². The van der Waals surface area contributed by atoms with Crippen LogP contribution in [0.4, 0.5) is 0 Å². The van der Waals surface area contributed by atoms with Gasteiger partial charge in [-0.2, -0.15) is 11.8 Å². The number of carbonyl (C=O) groups excluding carboxylic acids is 2. The van der Waals surface area contributed by atoms with Crippen LogP contribution in [0.2, 0.25) is 0 Å². The first-order valence-corrected chi connectivity index (χ1v) is 11.4. The molecule has 8 heteroatoms. The fraction of sp³-hybridized carbons (Fsp3) is 0.600. The van der Waals surface area contributed by atoms with E-state index in [0.717, 1.165) is 36.5 Å². The minimum Gasteiger partial charge on any atom is -0.346 e. The predicted octanol–water partition coefficient (Wildman–Crippen LogP) is 2.68. The molecule has 0 bridgehead atoms. The van der Waals surface area contributed by atoms with Crippen molar-refractivity contribution in [3.63, 3.8) is 0 Å². The Balaban J connectivity index is 1.74. The highest BCUT2D eigenvalue weighted by atomic mass is 32.2. The second-order valence-electron chi connectivity index (χ2n) is 7.25. The zero-order chi connectivity index (χ0) is 20.1. The minimum atomic E-state index is -0.302. The molecule has 28 heavy (non-hydrogen) atoms. The third-order valence-corrected chi connectivity index (χ3v) is 6.14. The summed E-state index contributed by atoms with van der Waals surface area (Å²) >= 11 is 1.73. The molecule has 0 saturated carbocycles. The van der Waals surface area contributed by atoms with Gasteiger partial charge in [-0.15, -0.1) is 10.2 Å². The van der Waals surface area contributed by atoms with Gasteiger partial charge in [0.1, 0.15) is 0 Å². The fourth-order valence-electron chi connectivity index (χ4n) is 3.88. The Hall–Kier alpha value is -2.09. The van der Waals surface area contributed by atoms with Crippen molar-refractivity contribution in [1.29, 1.82) is 0 Å². The Labute approximate surface area is 170 Å². The molecule has 3 heterocycles. The molecule has 2 amide bonds. The summed E-state index contributed by atoms with van der Waals surface area (Å²) in [6, 6.07) is 5.73. The molecule has 1 aliphatic heterocycles. The molecule has 0 aromatic carbocycles. The molecule has 1 fully saturated rings. The lowest BCUT2D eigenvalue weighted by molar-refractivity contribution is -0.130. The molecule has 3 rings (SSSR count). The Morgan fingerprint density at radius 3 is 2.82 bits per heavy atom. The number of amides is 2. The lowest BCUT2D eigenvalue weighted by Gasteiger charge is -2.26. The molecule has 2 unspecified atom stereocenters. The van der Waals surface area contributed by atoms with Gasteiger partial charge in [-0.3, -0.25) is 14.0 Å². The van der Waals surface area contributed by atoms with Crippen LogP contribution in [0, 0.1) is 5.92 Å². The van der Waals surface area contributed by atoms with Crippen molar-refractivity contribution in [1.82, 2.24) is 24.8 Å². The van der Waals surface area contributed by atoms with Crippen LogP contribution in [0.5, 0.6) is 0 Å². The molecule has 0 radical (unpaired) electrons. The van der Waals surface area contributed by atoms with E-state index < -0.39 is 0 Å². The lowest BCUT2D eigenvalue weighted by Crippen LogP contribution is -2.39. The van der Waals surface area contributed by atoms with Gasteiger partial charge in [0, 0.05) is 25.2 Å². The predicted molar refractivity (Wildman–Crippen MR) is 111 cm³/mol. The molecule has 2 aromatic heterocycles. The Morgan fingerprint density at radius 2 is 2.11 bits per heavy atom. The molecule has 152 valence electrons. The second kappa shape index (κ2) is 9.41. The van der Waals surface area contributed by atoms with Gasteiger partial charge < -0.3 is 10.2 Å². The summed E-state index contributed by atoms with van der Waals surface area (Å²) in [6.07, 6.45) is 6.84. The number of pyridine rings is 1. The molecule has 0 aliphatic carbocycles. The number of rotatable bonds is 9. The summed E-state index contributed by atoms with van der Waals surface area (Å²) in [6.45, 7) is 4.68. The molecule has 1 saturated heterocycles. The summed E-state index contributed by atoms with van der Waals surface area (Å²) in [5.41, 5.74) is 0.761. The van der Waals surface area contributed by atoms with Crippen LogP contribution < -0.4 is 5.32 Å². The van der Waals surface area contributed by atoms with Crippen molar-refractivity contribution in [3.05, 3.63) is 30.2 Å². The third kappa shape index (κ3) is 4.32. The number of aromatic nitrogens is 3. The maximum atomic E-state index is 13.0. The summed E-state index contributed by atoms with van der Waals surface area (Å²) in [4.78, 5) is 27.3. The van der Waals surface area contributed by atoms with Gasteiger partial charge in [0.2, 0.25) is 11.8 Å². The lowest BCUT2D eigenvalue weighted by atomic mass is 10.1. The Morgan fingerprint density at radius 1 is 1.32 bits per heavy atom. The number of fused-ring (bicyclic) bond motifs is 1. The highest BCUT2D eigenvalue weighted by Crippen LogP contribution is 2.25. The zero-order valence-electron chi connectivity index (χ0n) is 16.8. The number of hydrogen-bond donors (Lipinski definition) is 1. The molecule has 1 N–H and O–H groups in total. The first kappa shape index (κ1) is 20.6. The van der Waals surface area contributed by atoms with E-state index in [1.54, 1.807) is 11.8 Å². The first-order valence-electron chi connectivity index (χ1n) is 9.97. The third-order valence-electron chi connectivity index (χ3n) is 5.49. The zero-order valence-corrected chi connectivity index (χ0v) is 17.6. The van der Waals surface area contributed by atoms with Gasteiger partial charge in [0.15, 0.2) is 11.5 Å². The molecule has 1 aliphatic rings. The van der Waals surface area contributed by atoms with E-state index in [4.69, 9.17) is 0 Å². The van der Waals surface area contributed by atoms with Crippen molar-refractivity contribution in [2.75, 3.05) is 18.6 Å². The van der Waals surface area contributed by atoms with Crippen molar-refractivity contribution < 1.29 is 9.59 Å². The van der Waals surface area contributed by atoms with E-state index in [1.165, 1.54) is 0 Å². The molecule has 2 aromatic rings. The molecular formula is C20H29N5O2S. The van der Waals surface area contributed by atoms with Gasteiger partial charge in [-0.1, -0.05) is 19.9 Å². The van der Waals surface area contributed by atoms with E-state index in [0.29, 0.717) is 6.54 Å². The number of nitrogens with one attached hydrogen (secondary N) is 1. The number of nitrogens with zero attached hydrogens (tertiary/aromatic N) is 4. The normalized spacial score (nSPS) is 18.2. The maximum absolute atomic E-state index is 13.0. The van der Waals surface area contributed by atoms with Gasteiger partial charge in [-0.25, -0.2) is 0 Å². The highest BCUT2D eigenvalue weighted by molar-refractivity contribution is 7.98. The largest absolute Gasteiger partial charge is 0.346 e. The second-order valence-corrected chi connectivity index (χ2v) is 8.23. The molecule has 0 spiro atoms. The Bertz CT molecular complexity index is 820. The van der Waals surface area contributed by atoms with Crippen molar-refractivity contribution in [2.24, 2.45) is 5.92 Å². The van der Waals surface area contributed by atoms with Gasteiger partial charge in [0.05, 0.1) is 12.0 Å². The smallest absolute Gasteiger partial charge is 0.226 e. The average Bonchev–Trinajstić information content (AvgIpc) is 3.30. The van der Waals surface area contributed by atoms with Crippen LogP contribution >= 0.6 is 11.8 Å². The quantitative estimate of drug-likeness (QED) is 0.696. The average molecular weight is 404 g/mol. The standard InChI is InChI=1S/C20H29N5O2S/c1-4-15(5-2)25-13-14(12-18(25)26)20(27)21-16(9-11-28-3)19-23-22-17-8-6-7-10-24(17)19/h6-8,10,14-16H,4-5,9,11-13H2,1-3H3,(H,21,27). The van der Waals surface area contributed by atoms with Crippen molar-refractivity contribution in [3.8, 4) is 0 Å². The van der Waals surface area contributed by atoms with E-state index in [1.807, 2.05) is 40.0 Å². The van der Waals surface area contributed by atoms with E-state index in [-0.39, 0.29) is 36.2 Å². The van der Waals surface area contributed by atoms with Gasteiger partial charge in [0.25, 0.3) is 0 Å². The molecular weight excluding hydrogens is 374 g/mol. The van der Waals surface area contributed by atoms with Crippen LogP contribution in [-0.2, 0) is 9.59 Å². The monoisotopic (exact) mass is 403 g/mol. The number of likely N-dealkylation sites (tertiary alicyclic amines) is 1. The van der Waals surface area contributed by atoms with Crippen LogP contribution in [0.3, 0.4) is 0 Å². The SMILES string of the molecule is CCC(CC)N1CC(C(=O)NC(CCSC)c2nnc3ccccn23)CC1=O. The highest BCUT2D eigenvalue weighted by Gasteiger charge is 2.37. The maximum Gasteiger partial charge on any atom is 0.226 e. The van der Waals surface area contributed by atoms with Crippen molar-refractivity contribution in [2.45, 2.75) is 51.6 Å². The Kier molecular flexibility index (Phi) is 6.93. The topological polar surface area (TPSA) is 79.6 Å². The van der Waals surface area contributed by atoms with Crippen molar-refractivity contribution >= 4 is 29.2 Å². The van der Waals surface area contributed by atoms with E-state index in [2.05, 4.69) is 29.4 Å². The molecule has 7 nitrogen and oxygen atoms in total. The summed E-state index contributed by atoms with van der Waals surface area (Å²) < 4.78 is 1.92. The summed E-state index contributed by atoms with van der Waals surface area (Å²) in [5.74, 6) is 1.35. The summed E-state index contributed by atoms with van der Waals surface area (Å²) in [5, 5.41) is 11.7. The van der Waals surface area contributed by atoms with E-state index >= 15 is 0 Å². The summed E-state index contributed by atoms with van der Waals surface area (Å²) in [7, 11) is 0. The van der Waals surface area contributed by atoms with Crippen LogP contribution in [0.25, 0.3) is 5.65 Å². The molecule has 2 atom stereocenters. The van der Waals surface area contributed by atoms with Crippen LogP contribution in [0.15, 0.2) is 24.4 Å². The minimum absolute atomic E-state index is 0.0689.